The predicted molar refractivity (Wildman–Crippen MR) is 146 cm³/mol. The summed E-state index contributed by atoms with van der Waals surface area (Å²) in [4.78, 5) is 63.0. The van der Waals surface area contributed by atoms with Crippen LogP contribution in [-0.2, 0) is 30.5 Å². The molecule has 0 aromatic heterocycles. The first kappa shape index (κ1) is 31.8. The second-order valence-corrected chi connectivity index (χ2v) is 12.0. The number of benzene rings is 2. The molecule has 3 amide bonds. The number of hydroxylamine groups is 1. The van der Waals surface area contributed by atoms with Crippen molar-refractivity contribution in [2.75, 3.05) is 10.7 Å². The minimum absolute atomic E-state index is 0.222. The van der Waals surface area contributed by atoms with Gasteiger partial charge in [0.2, 0.25) is 0 Å². The number of anilines is 1. The van der Waals surface area contributed by atoms with Gasteiger partial charge in [-0.3, -0.25) is 14.4 Å². The maximum Gasteiger partial charge on any atom is 0.408 e. The number of thioether (sulfide) groups is 1. The monoisotopic (exact) mass is 577 g/mol. The molecule has 12 heteroatoms. The summed E-state index contributed by atoms with van der Waals surface area (Å²) in [6, 6.07) is 11.5. The van der Waals surface area contributed by atoms with Gasteiger partial charge in [-0.2, -0.15) is 9.59 Å². The Morgan fingerprint density at radius 2 is 1.67 bits per heavy atom. The van der Waals surface area contributed by atoms with Gasteiger partial charge < -0.3 is 15.0 Å². The largest absolute Gasteiger partial charge is 0.444 e. The summed E-state index contributed by atoms with van der Waals surface area (Å²) >= 11 is 7.46. The molecule has 0 saturated heterocycles. The fourth-order valence-electron chi connectivity index (χ4n) is 3.29. The highest BCUT2D eigenvalue weighted by Crippen LogP contribution is 2.36. The van der Waals surface area contributed by atoms with Gasteiger partial charge in [-0.1, -0.05) is 23.7 Å². The lowest BCUT2D eigenvalue weighted by atomic mass is 10.1. The molecule has 0 fully saturated rings. The minimum atomic E-state index is -0.828. The number of halogens is 1. The number of nitrogens with zero attached hydrogens (tertiary/aromatic N) is 1. The number of amides is 3. The third-order valence-corrected chi connectivity index (χ3v) is 6.28. The summed E-state index contributed by atoms with van der Waals surface area (Å²) in [6.07, 6.45) is -0.418. The smallest absolute Gasteiger partial charge is 0.408 e. The highest BCUT2D eigenvalue weighted by atomic mass is 35.5. The van der Waals surface area contributed by atoms with E-state index >= 15 is 0 Å². The second-order valence-electron chi connectivity index (χ2n) is 10.5. The number of carbonyl (C=O) groups excluding carboxylic acids is 5. The molecule has 1 atom stereocenters. The zero-order valence-electron chi connectivity index (χ0n) is 22.6. The van der Waals surface area contributed by atoms with Crippen molar-refractivity contribution in [3.8, 4) is 0 Å². The lowest BCUT2D eigenvalue weighted by Crippen LogP contribution is -2.50. The van der Waals surface area contributed by atoms with E-state index in [0.29, 0.717) is 22.0 Å². The zero-order chi connectivity index (χ0) is 29.4. The SMILES string of the molecule is CC(C)(C)ONC(=O)c1ccc2c(c1)N(Cc1ccc(Cl)cc1)C(=O)[C@@H](NC(=O)OC(C)(C)C)CS2.O=C=O. The van der Waals surface area contributed by atoms with Gasteiger partial charge in [0.25, 0.3) is 11.8 Å². The molecule has 1 heterocycles. The third kappa shape index (κ3) is 10.4. The van der Waals surface area contributed by atoms with Gasteiger partial charge in [0.05, 0.1) is 17.8 Å². The van der Waals surface area contributed by atoms with Crippen molar-refractivity contribution in [1.82, 2.24) is 10.8 Å². The fourth-order valence-corrected chi connectivity index (χ4v) is 4.47. The Bertz CT molecular complexity index is 1220. The summed E-state index contributed by atoms with van der Waals surface area (Å²) in [6.45, 7) is 11.0. The summed E-state index contributed by atoms with van der Waals surface area (Å²) in [7, 11) is 0. The van der Waals surface area contributed by atoms with E-state index in [0.717, 1.165) is 10.5 Å². The van der Waals surface area contributed by atoms with Crippen LogP contribution in [0.15, 0.2) is 47.4 Å². The van der Waals surface area contributed by atoms with E-state index in [9.17, 15) is 14.4 Å². The number of ether oxygens (including phenoxy) is 1. The van der Waals surface area contributed by atoms with Gasteiger partial charge in [-0.05, 0) is 77.4 Å². The Balaban J connectivity index is 0.00000170. The van der Waals surface area contributed by atoms with Gasteiger partial charge >= 0.3 is 12.2 Å². The van der Waals surface area contributed by atoms with Crippen LogP contribution < -0.4 is 15.7 Å². The predicted octanol–water partition coefficient (Wildman–Crippen LogP) is 4.75. The van der Waals surface area contributed by atoms with Crippen LogP contribution in [0.4, 0.5) is 10.5 Å². The molecule has 1 aliphatic rings. The Kier molecular flexibility index (Phi) is 11.1. The highest BCUT2D eigenvalue weighted by Gasteiger charge is 2.33. The van der Waals surface area contributed by atoms with Gasteiger partial charge in [0.15, 0.2) is 0 Å². The standard InChI is InChI=1S/C26H32ClN3O5S.CO2/c1-25(2,3)34-24(33)28-19-15-36-21-12-9-17(22(31)29-35-26(4,5)6)13-20(21)30(23(19)32)14-16-7-10-18(27)11-8-16;2-1-3/h7-13,19H,14-15H2,1-6H3,(H,28,33)(H,29,31);/t19-;/m0./s1. The lowest BCUT2D eigenvalue weighted by Gasteiger charge is -2.27. The van der Waals surface area contributed by atoms with Crippen LogP contribution >= 0.6 is 23.4 Å². The van der Waals surface area contributed by atoms with E-state index in [2.05, 4.69) is 10.8 Å². The molecule has 2 aromatic rings. The molecule has 0 saturated carbocycles. The van der Waals surface area contributed by atoms with E-state index in [1.54, 1.807) is 56.0 Å². The zero-order valence-corrected chi connectivity index (χ0v) is 24.2. The molecule has 1 aliphatic heterocycles. The summed E-state index contributed by atoms with van der Waals surface area (Å²) in [5.41, 5.74) is 2.95. The molecule has 10 nitrogen and oxygen atoms in total. The molecule has 0 radical (unpaired) electrons. The van der Waals surface area contributed by atoms with Gasteiger partial charge in [-0.25, -0.2) is 10.3 Å². The van der Waals surface area contributed by atoms with Crippen LogP contribution in [0.25, 0.3) is 0 Å². The maximum absolute atomic E-state index is 13.7. The number of fused-ring (bicyclic) bond motifs is 1. The molecular weight excluding hydrogens is 546 g/mol. The van der Waals surface area contributed by atoms with Crippen molar-refractivity contribution < 1.29 is 33.5 Å². The Morgan fingerprint density at radius 3 is 2.23 bits per heavy atom. The number of carbonyl (C=O) groups is 3. The normalized spacial score (nSPS) is 15.1. The molecule has 0 bridgehead atoms. The molecule has 0 aliphatic carbocycles. The van der Waals surface area contributed by atoms with Crippen LogP contribution in [0.5, 0.6) is 0 Å². The van der Waals surface area contributed by atoms with E-state index in [4.69, 9.17) is 30.8 Å². The van der Waals surface area contributed by atoms with Crippen molar-refractivity contribution in [2.45, 2.75) is 70.2 Å². The molecule has 3 rings (SSSR count). The van der Waals surface area contributed by atoms with Crippen molar-refractivity contribution in [3.05, 3.63) is 58.6 Å². The molecule has 0 unspecified atom stereocenters. The number of alkyl carbamates (subject to hydrolysis) is 1. The second kappa shape index (κ2) is 13.6. The molecule has 0 spiro atoms. The van der Waals surface area contributed by atoms with E-state index in [1.165, 1.54) is 11.8 Å². The number of rotatable bonds is 5. The van der Waals surface area contributed by atoms with Crippen LogP contribution in [0.1, 0.15) is 57.5 Å². The molecule has 2 aromatic carbocycles. The average molecular weight is 578 g/mol. The Hall–Kier alpha value is -3.37. The Morgan fingerprint density at radius 1 is 1.05 bits per heavy atom. The fraction of sp³-hybridized carbons (Fsp3) is 0.407. The van der Waals surface area contributed by atoms with E-state index in [-0.39, 0.29) is 18.6 Å². The first-order chi connectivity index (χ1) is 18.1. The van der Waals surface area contributed by atoms with Gasteiger partial charge in [-0.15, -0.1) is 11.8 Å². The first-order valence-electron chi connectivity index (χ1n) is 11.9. The van der Waals surface area contributed by atoms with Crippen LogP contribution in [0.2, 0.25) is 5.02 Å². The maximum atomic E-state index is 13.7. The van der Waals surface area contributed by atoms with Crippen LogP contribution in [-0.4, -0.2) is 47.1 Å². The summed E-state index contributed by atoms with van der Waals surface area (Å²) < 4.78 is 5.37. The van der Waals surface area contributed by atoms with Crippen molar-refractivity contribution in [3.63, 3.8) is 0 Å². The molecule has 2 N–H and O–H groups in total. The van der Waals surface area contributed by atoms with Gasteiger partial charge in [0.1, 0.15) is 11.6 Å². The topological polar surface area (TPSA) is 131 Å². The lowest BCUT2D eigenvalue weighted by molar-refractivity contribution is -0.191. The molecule has 210 valence electrons. The average Bonchev–Trinajstić information content (AvgIpc) is 2.94. The summed E-state index contributed by atoms with van der Waals surface area (Å²) in [5, 5.41) is 3.29. The first-order valence-corrected chi connectivity index (χ1v) is 13.3. The third-order valence-electron chi connectivity index (χ3n) is 4.88. The van der Waals surface area contributed by atoms with Crippen LogP contribution in [0, 0.1) is 0 Å². The number of hydrogen-bond donors (Lipinski definition) is 2. The number of nitrogens with one attached hydrogen (secondary N) is 2. The van der Waals surface area contributed by atoms with Crippen molar-refractivity contribution in [2.24, 2.45) is 0 Å². The van der Waals surface area contributed by atoms with Crippen molar-refractivity contribution >= 4 is 53.1 Å². The van der Waals surface area contributed by atoms with Crippen molar-refractivity contribution in [1.29, 1.82) is 0 Å². The number of hydrogen-bond acceptors (Lipinski definition) is 8. The molecular formula is C27H32ClN3O7S. The van der Waals surface area contributed by atoms with E-state index < -0.39 is 29.2 Å². The highest BCUT2D eigenvalue weighted by molar-refractivity contribution is 7.99. The van der Waals surface area contributed by atoms with Crippen LogP contribution in [0.3, 0.4) is 0 Å². The molecule has 39 heavy (non-hydrogen) atoms. The minimum Gasteiger partial charge on any atom is -0.444 e. The Labute approximate surface area is 236 Å². The van der Waals surface area contributed by atoms with Gasteiger partial charge in [0, 0.05) is 21.2 Å². The summed E-state index contributed by atoms with van der Waals surface area (Å²) in [5.74, 6) is -0.434. The van der Waals surface area contributed by atoms with E-state index in [1.807, 2.05) is 32.9 Å². The quantitative estimate of drug-likeness (QED) is 0.487.